The predicted octanol–water partition coefficient (Wildman–Crippen LogP) is 2.09. The van der Waals surface area contributed by atoms with Gasteiger partial charge >= 0.3 is 0 Å². The highest BCUT2D eigenvalue weighted by molar-refractivity contribution is 5.85. The van der Waals surface area contributed by atoms with Crippen molar-refractivity contribution in [1.82, 2.24) is 4.90 Å². The van der Waals surface area contributed by atoms with E-state index in [9.17, 15) is 0 Å². The molecule has 0 spiro atoms. The van der Waals surface area contributed by atoms with Crippen LogP contribution in [0.15, 0.2) is 30.3 Å². The first-order chi connectivity index (χ1) is 8.12. The maximum atomic E-state index is 7.24. The van der Waals surface area contributed by atoms with Crippen LogP contribution >= 0.6 is 24.8 Å². The van der Waals surface area contributed by atoms with Gasteiger partial charge in [0.15, 0.2) is 0 Å². The number of benzene rings is 1. The molecule has 1 aromatic rings. The summed E-state index contributed by atoms with van der Waals surface area (Å²) in [5, 5.41) is 0. The third-order valence-corrected chi connectivity index (χ3v) is 1.61. The molecule has 0 aliphatic rings. The molecule has 0 heterocycles. The first-order valence-corrected chi connectivity index (χ1v) is 3.70. The van der Waals surface area contributed by atoms with Crippen LogP contribution in [0.3, 0.4) is 0 Å². The van der Waals surface area contributed by atoms with E-state index in [1.807, 2.05) is 6.07 Å². The number of halogens is 2. The molecule has 0 aromatic heterocycles. The van der Waals surface area contributed by atoms with E-state index in [1.165, 1.54) is 0 Å². The Hall–Kier alpha value is -0.280. The molecule has 2 N–H and O–H groups in total. The van der Waals surface area contributed by atoms with Gasteiger partial charge in [-0.25, -0.2) is 0 Å². The number of nitrogens with zero attached hydrogens (tertiary/aromatic N) is 1. The van der Waals surface area contributed by atoms with Crippen LogP contribution in [-0.4, -0.2) is 25.4 Å². The maximum Gasteiger partial charge on any atom is 0.0424 e. The summed E-state index contributed by atoms with van der Waals surface area (Å²) < 4.78 is 43.5. The highest BCUT2D eigenvalue weighted by atomic mass is 35.5. The van der Waals surface area contributed by atoms with E-state index in [1.54, 1.807) is 24.3 Å². The first-order valence-electron chi connectivity index (χ1n) is 6.70. The smallest absolute Gasteiger partial charge is 0.0424 e. The fourth-order valence-corrected chi connectivity index (χ4v) is 1.00. The summed E-state index contributed by atoms with van der Waals surface area (Å²) >= 11 is 0. The van der Waals surface area contributed by atoms with Gasteiger partial charge in [0.05, 0.1) is 0 Å². The summed E-state index contributed by atoms with van der Waals surface area (Å²) in [6.07, 6.45) is 0. The predicted molar refractivity (Wildman–Crippen MR) is 66.4 cm³/mol. The summed E-state index contributed by atoms with van der Waals surface area (Å²) in [6.45, 7) is -5.65. The molecule has 1 rings (SSSR count). The molecule has 0 saturated carbocycles. The highest BCUT2D eigenvalue weighted by Crippen LogP contribution is 2.09. The van der Waals surface area contributed by atoms with E-state index in [0.29, 0.717) is 10.5 Å². The molecule has 1 atom stereocenters. The van der Waals surface area contributed by atoms with E-state index < -0.39 is 20.0 Å². The van der Waals surface area contributed by atoms with Crippen LogP contribution in [0.5, 0.6) is 0 Å². The van der Waals surface area contributed by atoms with Crippen LogP contribution in [0.2, 0.25) is 0 Å². The summed E-state index contributed by atoms with van der Waals surface area (Å²) in [7, 11) is 0. The minimum atomic E-state index is -2.70. The van der Waals surface area contributed by atoms with Crippen LogP contribution in [0.4, 0.5) is 0 Å². The van der Waals surface area contributed by atoms with Crippen molar-refractivity contribution in [2.75, 3.05) is 20.5 Å². The lowest BCUT2D eigenvalue weighted by molar-refractivity contribution is 0.376. The molecule has 2 nitrogen and oxygen atoms in total. The Morgan fingerprint density at radius 2 is 1.86 bits per heavy atom. The molecule has 0 aliphatic heterocycles. The summed E-state index contributed by atoms with van der Waals surface area (Å²) in [4.78, 5) is 0.470. The van der Waals surface area contributed by atoms with Gasteiger partial charge in [-0.1, -0.05) is 30.3 Å². The number of rotatable bonds is 3. The lowest BCUT2D eigenvalue weighted by Gasteiger charge is -2.16. The van der Waals surface area contributed by atoms with Crippen molar-refractivity contribution < 1.29 is 8.22 Å². The van der Waals surface area contributed by atoms with E-state index in [2.05, 4.69) is 0 Å². The van der Waals surface area contributed by atoms with Crippen LogP contribution in [0.1, 0.15) is 19.8 Å². The Morgan fingerprint density at radius 1 is 1.29 bits per heavy atom. The van der Waals surface area contributed by atoms with Crippen molar-refractivity contribution >= 4 is 24.8 Å². The number of nitrogens with two attached hydrogens (primary N) is 1. The fourth-order valence-electron chi connectivity index (χ4n) is 1.00. The second-order valence-electron chi connectivity index (χ2n) is 2.63. The zero-order valence-electron chi connectivity index (χ0n) is 13.5. The number of likely N-dealkylation sites (N-methyl/N-ethyl adjacent to an activating group) is 1. The normalized spacial score (nSPS) is 19.6. The van der Waals surface area contributed by atoms with E-state index in [0.717, 1.165) is 0 Å². The van der Waals surface area contributed by atoms with Gasteiger partial charge in [0.2, 0.25) is 0 Å². The second-order valence-corrected chi connectivity index (χ2v) is 2.63. The van der Waals surface area contributed by atoms with E-state index in [4.69, 9.17) is 14.0 Å². The van der Waals surface area contributed by atoms with Gasteiger partial charge in [-0.3, -0.25) is 0 Å². The lowest BCUT2D eigenvalue weighted by Crippen LogP contribution is -2.25. The van der Waals surface area contributed by atoms with Gasteiger partial charge in [-0.15, -0.1) is 24.8 Å². The molecule has 82 valence electrons. The SMILES string of the molecule is Cl.Cl.[2H]C([2H])([2H])N(C[C@@H](N)c1ccccc1)C([2H])([2H])[2H]. The zero-order valence-corrected chi connectivity index (χ0v) is 9.15. The summed E-state index contributed by atoms with van der Waals surface area (Å²) in [6, 6.07) is 8.16. The second kappa shape index (κ2) is 8.06. The fraction of sp³-hybridized carbons (Fsp3) is 0.400. The van der Waals surface area contributed by atoms with Gasteiger partial charge in [-0.05, 0) is 19.5 Å². The molecule has 0 unspecified atom stereocenters. The quantitative estimate of drug-likeness (QED) is 0.880. The van der Waals surface area contributed by atoms with Crippen molar-refractivity contribution in [3.05, 3.63) is 35.9 Å². The molecular weight excluding hydrogens is 219 g/mol. The lowest BCUT2D eigenvalue weighted by atomic mass is 10.1. The molecule has 4 heteroatoms. The standard InChI is InChI=1S/C10H16N2.2ClH/c1-12(2)8-10(11)9-6-4-3-5-7-9;;/h3-7,10H,8,11H2,1-2H3;2*1H/t10-;;/m1../s1/i1D3,2D3;;. The van der Waals surface area contributed by atoms with Gasteiger partial charge in [0.1, 0.15) is 0 Å². The Balaban J connectivity index is 0. The third kappa shape index (κ3) is 5.45. The molecule has 0 saturated heterocycles. The topological polar surface area (TPSA) is 29.3 Å². The Bertz CT molecular complexity index is 368. The summed E-state index contributed by atoms with van der Waals surface area (Å²) in [5.41, 5.74) is 6.55. The van der Waals surface area contributed by atoms with Crippen molar-refractivity contribution in [3.8, 4) is 0 Å². The number of hydrogen-bond donors (Lipinski definition) is 1. The van der Waals surface area contributed by atoms with Gasteiger partial charge in [-0.2, -0.15) is 0 Å². The Morgan fingerprint density at radius 3 is 2.36 bits per heavy atom. The molecule has 0 bridgehead atoms. The van der Waals surface area contributed by atoms with Gasteiger partial charge in [0.25, 0.3) is 0 Å². The molecule has 0 fully saturated rings. The molecule has 1 aromatic carbocycles. The van der Waals surface area contributed by atoms with Gasteiger partial charge in [0, 0.05) is 20.8 Å². The molecule has 0 aliphatic carbocycles. The third-order valence-electron chi connectivity index (χ3n) is 1.61. The minimum Gasteiger partial charge on any atom is -0.323 e. The molecule has 0 radical (unpaired) electrons. The van der Waals surface area contributed by atoms with Crippen LogP contribution in [0.25, 0.3) is 0 Å². The average molecular weight is 243 g/mol. The highest BCUT2D eigenvalue weighted by Gasteiger charge is 2.04. The molecule has 0 amide bonds. The van der Waals surface area contributed by atoms with Crippen molar-refractivity contribution in [3.63, 3.8) is 0 Å². The molecule has 14 heavy (non-hydrogen) atoms. The average Bonchev–Trinajstić information content (AvgIpc) is 2.23. The first kappa shape index (κ1) is 7.07. The van der Waals surface area contributed by atoms with Crippen LogP contribution in [0, 0.1) is 0 Å². The molecular formula is C10H18Cl2N2. The van der Waals surface area contributed by atoms with Crippen molar-refractivity contribution in [2.45, 2.75) is 6.04 Å². The maximum absolute atomic E-state index is 7.24. The van der Waals surface area contributed by atoms with Crippen molar-refractivity contribution in [1.29, 1.82) is 0 Å². The Kier molecular flexibility index (Phi) is 4.07. The Labute approximate surface area is 107 Å². The largest absolute Gasteiger partial charge is 0.323 e. The van der Waals surface area contributed by atoms with Crippen molar-refractivity contribution in [2.24, 2.45) is 5.73 Å². The van der Waals surface area contributed by atoms with Gasteiger partial charge < -0.3 is 10.6 Å². The van der Waals surface area contributed by atoms with Crippen LogP contribution in [-0.2, 0) is 0 Å². The number of hydrogen-bond acceptors (Lipinski definition) is 2. The summed E-state index contributed by atoms with van der Waals surface area (Å²) in [5.74, 6) is 0. The van der Waals surface area contributed by atoms with E-state index >= 15 is 0 Å². The van der Waals surface area contributed by atoms with Crippen LogP contribution < -0.4 is 5.73 Å². The zero-order chi connectivity index (χ0) is 14.0. The monoisotopic (exact) mass is 242 g/mol. The minimum absolute atomic E-state index is 0. The van der Waals surface area contributed by atoms with E-state index in [-0.39, 0.29) is 31.4 Å².